The number of nitro benzene ring substituents is 1. The lowest BCUT2D eigenvalue weighted by Crippen LogP contribution is -2.47. The summed E-state index contributed by atoms with van der Waals surface area (Å²) < 4.78 is 2.22. The molecular weight excluding hydrogens is 422 g/mol. The molecule has 1 aliphatic carbocycles. The first-order chi connectivity index (χ1) is 16.0. The van der Waals surface area contributed by atoms with Gasteiger partial charge in [-0.1, -0.05) is 12.2 Å². The van der Waals surface area contributed by atoms with Crippen molar-refractivity contribution in [2.45, 2.75) is 50.8 Å². The summed E-state index contributed by atoms with van der Waals surface area (Å²) in [5, 5.41) is 36.6. The number of nitrogen functional groups attached to an aromatic ring is 1. The van der Waals surface area contributed by atoms with Gasteiger partial charge in [-0.2, -0.15) is 0 Å². The van der Waals surface area contributed by atoms with Crippen LogP contribution >= 0.6 is 0 Å². The largest absolute Gasteiger partial charge is 0.399 e. The first-order valence-corrected chi connectivity index (χ1v) is 11.7. The first kappa shape index (κ1) is 23.3. The molecule has 0 bridgehead atoms. The molecule has 0 amide bonds. The summed E-state index contributed by atoms with van der Waals surface area (Å²) in [6.07, 6.45) is 10.7. The summed E-state index contributed by atoms with van der Waals surface area (Å²) in [5.41, 5.74) is 7.79. The van der Waals surface area contributed by atoms with Crippen molar-refractivity contribution < 1.29 is 15.1 Å². The molecule has 4 rings (SSSR count). The van der Waals surface area contributed by atoms with E-state index in [9.17, 15) is 20.3 Å². The van der Waals surface area contributed by atoms with Crippen molar-refractivity contribution in [2.24, 2.45) is 0 Å². The van der Waals surface area contributed by atoms with Gasteiger partial charge in [-0.05, 0) is 55.0 Å². The number of aromatic nitrogens is 1. The maximum absolute atomic E-state index is 11.3. The number of anilines is 2. The van der Waals surface area contributed by atoms with Gasteiger partial charge in [0.15, 0.2) is 0 Å². The van der Waals surface area contributed by atoms with Gasteiger partial charge >= 0.3 is 0 Å². The second-order valence-corrected chi connectivity index (χ2v) is 8.89. The highest BCUT2D eigenvalue weighted by molar-refractivity contribution is 5.66. The third-order valence-electron chi connectivity index (χ3n) is 6.67. The molecule has 1 aliphatic heterocycles. The van der Waals surface area contributed by atoms with Crippen molar-refractivity contribution in [3.05, 3.63) is 50.6 Å². The number of nitrogens with two attached hydrogens (primary N) is 1. The molecule has 178 valence electrons. The molecule has 9 heteroatoms. The van der Waals surface area contributed by atoms with Gasteiger partial charge in [-0.25, -0.2) is 0 Å². The number of rotatable bonds is 9. The normalized spacial score (nSPS) is 20.5. The molecule has 1 aromatic carbocycles. The van der Waals surface area contributed by atoms with Crippen LogP contribution in [-0.4, -0.2) is 63.0 Å². The van der Waals surface area contributed by atoms with Gasteiger partial charge in [0.25, 0.3) is 5.69 Å². The highest BCUT2D eigenvalue weighted by Gasteiger charge is 2.26. The predicted octanol–water partition coefficient (Wildman–Crippen LogP) is 0.805. The molecule has 0 radical (unpaired) electrons. The fraction of sp³-hybridized carbons (Fsp3) is 0.500. The number of fused-ring (bicyclic) bond motifs is 1. The maximum Gasteiger partial charge on any atom is 0.294 e. The molecule has 2 aliphatic rings. The number of hydrogen-bond acceptors (Lipinski definition) is 7. The average molecular weight is 456 g/mol. The van der Waals surface area contributed by atoms with Crippen LogP contribution in [0.25, 0.3) is 12.2 Å². The summed E-state index contributed by atoms with van der Waals surface area (Å²) in [7, 11) is 0. The summed E-state index contributed by atoms with van der Waals surface area (Å²) in [5.74, 6) is 0. The Labute approximate surface area is 193 Å². The van der Waals surface area contributed by atoms with E-state index in [1.807, 2.05) is 0 Å². The summed E-state index contributed by atoms with van der Waals surface area (Å²) in [6, 6.07) is 4.70. The monoisotopic (exact) mass is 455 g/mol. The smallest absolute Gasteiger partial charge is 0.294 e. The number of hydrogen-bond donors (Lipinski definition) is 4. The average Bonchev–Trinajstić information content (AvgIpc) is 3.16. The van der Waals surface area contributed by atoms with Crippen LogP contribution in [0.4, 0.5) is 17.1 Å². The fourth-order valence-corrected chi connectivity index (χ4v) is 4.93. The number of nitrogens with zero attached hydrogens (tertiary/aromatic N) is 3. The highest BCUT2D eigenvalue weighted by atomic mass is 16.6. The molecule has 5 N–H and O–H groups in total. The van der Waals surface area contributed by atoms with Crippen LogP contribution in [0.5, 0.6) is 0 Å². The first-order valence-electron chi connectivity index (χ1n) is 11.7. The van der Waals surface area contributed by atoms with Crippen LogP contribution < -0.4 is 21.6 Å². The summed E-state index contributed by atoms with van der Waals surface area (Å²) >= 11 is 0. The van der Waals surface area contributed by atoms with Crippen LogP contribution in [0, 0.1) is 10.1 Å². The summed E-state index contributed by atoms with van der Waals surface area (Å²) in [6.45, 7) is 2.95. The van der Waals surface area contributed by atoms with Gasteiger partial charge < -0.3 is 25.8 Å². The van der Waals surface area contributed by atoms with Gasteiger partial charge in [0.1, 0.15) is 5.69 Å². The van der Waals surface area contributed by atoms with Gasteiger partial charge in [0, 0.05) is 55.5 Å². The standard InChI is InChI=1S/C24H33N5O4/c25-18-5-6-22(24(13-18)29(32)33)26-9-12-28-15-17(21-3-1-2-4-23(21)28)7-10-27-11-8-20(31)14-19(27)16-30/h3-6,13,15,19-20,26,30-31H,1-2,7-12,14,16,25H2. The Hall–Kier alpha value is -2.88. The minimum absolute atomic E-state index is 0.0158. The van der Waals surface area contributed by atoms with E-state index in [0.29, 0.717) is 30.9 Å². The molecule has 1 fully saturated rings. The minimum Gasteiger partial charge on any atom is -0.399 e. The fourth-order valence-electron chi connectivity index (χ4n) is 4.93. The molecule has 1 aromatic heterocycles. The van der Waals surface area contributed by atoms with Crippen molar-refractivity contribution in [3.8, 4) is 0 Å². The molecule has 2 aromatic rings. The number of piperidine rings is 1. The van der Waals surface area contributed by atoms with Crippen LogP contribution in [0.15, 0.2) is 24.4 Å². The van der Waals surface area contributed by atoms with Crippen molar-refractivity contribution in [1.82, 2.24) is 9.47 Å². The van der Waals surface area contributed by atoms with E-state index >= 15 is 0 Å². The number of aliphatic hydroxyl groups is 2. The Morgan fingerprint density at radius 3 is 2.85 bits per heavy atom. The van der Waals surface area contributed by atoms with E-state index in [0.717, 1.165) is 38.8 Å². The molecular formula is C24H33N5O4. The van der Waals surface area contributed by atoms with Gasteiger partial charge in [-0.15, -0.1) is 0 Å². The Morgan fingerprint density at radius 1 is 1.24 bits per heavy atom. The molecule has 9 nitrogen and oxygen atoms in total. The van der Waals surface area contributed by atoms with Crippen LogP contribution in [0.3, 0.4) is 0 Å². The molecule has 2 atom stereocenters. The van der Waals surface area contributed by atoms with E-state index < -0.39 is 4.92 Å². The highest BCUT2D eigenvalue weighted by Crippen LogP contribution is 2.26. The third-order valence-corrected chi connectivity index (χ3v) is 6.67. The molecule has 0 saturated carbocycles. The minimum atomic E-state index is -0.420. The van der Waals surface area contributed by atoms with E-state index in [2.05, 4.69) is 33.1 Å². The van der Waals surface area contributed by atoms with Crippen LogP contribution in [0.1, 0.15) is 31.2 Å². The van der Waals surface area contributed by atoms with Crippen molar-refractivity contribution in [3.63, 3.8) is 0 Å². The number of benzene rings is 1. The quantitative estimate of drug-likeness (QED) is 0.250. The van der Waals surface area contributed by atoms with E-state index in [1.165, 1.54) is 22.2 Å². The molecule has 2 unspecified atom stereocenters. The van der Waals surface area contributed by atoms with Gasteiger partial charge in [-0.3, -0.25) is 15.0 Å². The number of nitro groups is 1. The lowest BCUT2D eigenvalue weighted by atomic mass is 9.99. The SMILES string of the molecule is Nc1ccc(NCCn2cc(CCN3CCC(O)CC3CO)c3c2=CCCC=3)c([N+](=O)[O-])c1. The zero-order chi connectivity index (χ0) is 23.4. The second kappa shape index (κ2) is 10.4. The third kappa shape index (κ3) is 5.38. The van der Waals surface area contributed by atoms with Crippen molar-refractivity contribution in [2.75, 3.05) is 37.3 Å². The topological polar surface area (TPSA) is 130 Å². The Bertz CT molecular complexity index is 1110. The van der Waals surface area contributed by atoms with Gasteiger partial charge in [0.05, 0.1) is 17.6 Å². The zero-order valence-electron chi connectivity index (χ0n) is 18.8. The molecule has 2 heterocycles. The van der Waals surface area contributed by atoms with Crippen molar-refractivity contribution in [1.29, 1.82) is 0 Å². The van der Waals surface area contributed by atoms with E-state index in [4.69, 9.17) is 5.73 Å². The van der Waals surface area contributed by atoms with E-state index in [-0.39, 0.29) is 24.4 Å². The molecule has 0 spiro atoms. The second-order valence-electron chi connectivity index (χ2n) is 8.89. The van der Waals surface area contributed by atoms with Crippen LogP contribution in [0.2, 0.25) is 0 Å². The Kier molecular flexibility index (Phi) is 7.32. The lowest BCUT2D eigenvalue weighted by molar-refractivity contribution is -0.383. The Balaban J connectivity index is 1.45. The predicted molar refractivity (Wildman–Crippen MR) is 129 cm³/mol. The number of likely N-dealkylation sites (tertiary alicyclic amines) is 1. The molecule has 1 saturated heterocycles. The lowest BCUT2D eigenvalue weighted by Gasteiger charge is -2.36. The Morgan fingerprint density at radius 2 is 2.06 bits per heavy atom. The molecule has 33 heavy (non-hydrogen) atoms. The van der Waals surface area contributed by atoms with Crippen LogP contribution in [-0.2, 0) is 13.0 Å². The maximum atomic E-state index is 11.3. The zero-order valence-corrected chi connectivity index (χ0v) is 18.8. The summed E-state index contributed by atoms with van der Waals surface area (Å²) in [4.78, 5) is 13.2. The van der Waals surface area contributed by atoms with Crippen molar-refractivity contribution >= 4 is 29.2 Å². The number of aliphatic hydroxyl groups excluding tert-OH is 2. The van der Waals surface area contributed by atoms with Gasteiger partial charge in [0.2, 0.25) is 0 Å². The number of nitrogens with one attached hydrogen (secondary N) is 1. The van der Waals surface area contributed by atoms with E-state index in [1.54, 1.807) is 12.1 Å².